The SMILES string of the molecule is Cn1nc(C(=O)NNC(=O)c2ccc(Br)cc2)ccc1=O. The van der Waals surface area contributed by atoms with Gasteiger partial charge in [-0.25, -0.2) is 4.68 Å². The molecule has 108 valence electrons. The predicted octanol–water partition coefficient (Wildman–Crippen LogP) is 0.618. The molecule has 0 atom stereocenters. The molecule has 2 aromatic rings. The Morgan fingerprint density at radius 2 is 1.67 bits per heavy atom. The topological polar surface area (TPSA) is 93.1 Å². The van der Waals surface area contributed by atoms with Gasteiger partial charge >= 0.3 is 0 Å². The molecule has 0 spiro atoms. The predicted molar refractivity (Wildman–Crippen MR) is 78.6 cm³/mol. The van der Waals surface area contributed by atoms with Crippen LogP contribution < -0.4 is 16.4 Å². The molecule has 0 radical (unpaired) electrons. The molecule has 0 saturated heterocycles. The molecule has 0 unspecified atom stereocenters. The highest BCUT2D eigenvalue weighted by Crippen LogP contribution is 2.10. The van der Waals surface area contributed by atoms with Crippen molar-refractivity contribution in [1.82, 2.24) is 20.6 Å². The first-order valence-electron chi connectivity index (χ1n) is 5.88. The normalized spacial score (nSPS) is 10.0. The van der Waals surface area contributed by atoms with Gasteiger partial charge in [-0.15, -0.1) is 0 Å². The van der Waals surface area contributed by atoms with Crippen LogP contribution in [0.1, 0.15) is 20.8 Å². The number of carbonyl (C=O) groups is 2. The van der Waals surface area contributed by atoms with Crippen LogP contribution in [-0.4, -0.2) is 21.6 Å². The Hall–Kier alpha value is -2.48. The van der Waals surface area contributed by atoms with Crippen LogP contribution in [0.25, 0.3) is 0 Å². The molecule has 1 aromatic carbocycles. The van der Waals surface area contributed by atoms with E-state index in [2.05, 4.69) is 31.9 Å². The third-order valence-corrected chi connectivity index (χ3v) is 3.12. The molecule has 1 heterocycles. The van der Waals surface area contributed by atoms with Gasteiger partial charge in [0.05, 0.1) is 0 Å². The highest BCUT2D eigenvalue weighted by atomic mass is 79.9. The number of carbonyl (C=O) groups excluding carboxylic acids is 2. The molecule has 0 bridgehead atoms. The lowest BCUT2D eigenvalue weighted by Gasteiger charge is -2.07. The summed E-state index contributed by atoms with van der Waals surface area (Å²) in [4.78, 5) is 34.8. The Morgan fingerprint density at radius 3 is 2.29 bits per heavy atom. The number of aryl methyl sites for hydroxylation is 1. The molecule has 2 amide bonds. The van der Waals surface area contributed by atoms with Crippen molar-refractivity contribution in [3.8, 4) is 0 Å². The first-order chi connectivity index (χ1) is 9.97. The molecular weight excluding hydrogens is 340 g/mol. The molecule has 2 rings (SSSR count). The highest BCUT2D eigenvalue weighted by molar-refractivity contribution is 9.10. The zero-order chi connectivity index (χ0) is 15.4. The number of nitrogens with zero attached hydrogens (tertiary/aromatic N) is 2. The maximum absolute atomic E-state index is 11.8. The van der Waals surface area contributed by atoms with Crippen LogP contribution in [0.5, 0.6) is 0 Å². The summed E-state index contributed by atoms with van der Waals surface area (Å²) in [5.41, 5.74) is 4.59. The summed E-state index contributed by atoms with van der Waals surface area (Å²) in [5, 5.41) is 3.77. The van der Waals surface area contributed by atoms with Crippen LogP contribution in [0, 0.1) is 0 Å². The monoisotopic (exact) mass is 350 g/mol. The van der Waals surface area contributed by atoms with Gasteiger partial charge in [-0.3, -0.25) is 25.2 Å². The lowest BCUT2D eigenvalue weighted by atomic mass is 10.2. The number of aromatic nitrogens is 2. The molecule has 0 aliphatic carbocycles. The van der Waals surface area contributed by atoms with Crippen molar-refractivity contribution in [2.24, 2.45) is 7.05 Å². The quantitative estimate of drug-likeness (QED) is 0.776. The minimum Gasteiger partial charge on any atom is -0.268 e. The van der Waals surface area contributed by atoms with Crippen molar-refractivity contribution in [1.29, 1.82) is 0 Å². The number of rotatable bonds is 2. The second-order valence-corrected chi connectivity index (χ2v) is 5.01. The number of hydrogen-bond donors (Lipinski definition) is 2. The largest absolute Gasteiger partial charge is 0.290 e. The van der Waals surface area contributed by atoms with Gasteiger partial charge in [-0.2, -0.15) is 5.10 Å². The van der Waals surface area contributed by atoms with Crippen molar-refractivity contribution >= 4 is 27.7 Å². The van der Waals surface area contributed by atoms with Gasteiger partial charge in [-0.05, 0) is 30.3 Å². The summed E-state index contributed by atoms with van der Waals surface area (Å²) in [6, 6.07) is 9.14. The number of halogens is 1. The summed E-state index contributed by atoms with van der Waals surface area (Å²) in [7, 11) is 1.43. The molecule has 0 aliphatic heterocycles. The highest BCUT2D eigenvalue weighted by Gasteiger charge is 2.10. The fourth-order valence-electron chi connectivity index (χ4n) is 1.47. The van der Waals surface area contributed by atoms with Gasteiger partial charge in [0.25, 0.3) is 17.4 Å². The summed E-state index contributed by atoms with van der Waals surface area (Å²) >= 11 is 3.26. The third kappa shape index (κ3) is 3.76. The molecule has 2 N–H and O–H groups in total. The van der Waals surface area contributed by atoms with E-state index < -0.39 is 11.8 Å². The Bertz CT molecular complexity index is 740. The van der Waals surface area contributed by atoms with Crippen molar-refractivity contribution in [2.75, 3.05) is 0 Å². The van der Waals surface area contributed by atoms with Crippen LogP contribution in [0.4, 0.5) is 0 Å². The van der Waals surface area contributed by atoms with E-state index >= 15 is 0 Å². The zero-order valence-corrected chi connectivity index (χ0v) is 12.5. The van der Waals surface area contributed by atoms with E-state index in [4.69, 9.17) is 0 Å². The summed E-state index contributed by atoms with van der Waals surface area (Å²) < 4.78 is 1.88. The first-order valence-corrected chi connectivity index (χ1v) is 6.67. The number of benzene rings is 1. The van der Waals surface area contributed by atoms with E-state index in [1.54, 1.807) is 24.3 Å². The van der Waals surface area contributed by atoms with Crippen LogP contribution in [0.15, 0.2) is 45.7 Å². The van der Waals surface area contributed by atoms with E-state index in [9.17, 15) is 14.4 Å². The maximum atomic E-state index is 11.8. The molecule has 1 aromatic heterocycles. The Morgan fingerprint density at radius 1 is 1.05 bits per heavy atom. The molecule has 21 heavy (non-hydrogen) atoms. The second-order valence-electron chi connectivity index (χ2n) is 4.10. The summed E-state index contributed by atoms with van der Waals surface area (Å²) in [6.45, 7) is 0. The van der Waals surface area contributed by atoms with Crippen LogP contribution in [-0.2, 0) is 7.05 Å². The van der Waals surface area contributed by atoms with Crippen LogP contribution in [0.3, 0.4) is 0 Å². The lowest BCUT2D eigenvalue weighted by molar-refractivity contribution is 0.0842. The Balaban J connectivity index is 2.00. The molecule has 0 saturated carbocycles. The maximum Gasteiger partial charge on any atom is 0.290 e. The van der Waals surface area contributed by atoms with Gasteiger partial charge in [0, 0.05) is 23.2 Å². The number of amides is 2. The van der Waals surface area contributed by atoms with E-state index in [1.165, 1.54) is 19.2 Å². The van der Waals surface area contributed by atoms with Crippen LogP contribution >= 0.6 is 15.9 Å². The van der Waals surface area contributed by atoms with E-state index in [0.717, 1.165) is 9.15 Å². The van der Waals surface area contributed by atoms with E-state index in [-0.39, 0.29) is 11.3 Å². The van der Waals surface area contributed by atoms with Gasteiger partial charge < -0.3 is 0 Å². The van der Waals surface area contributed by atoms with E-state index in [1.807, 2.05) is 0 Å². The second kappa shape index (κ2) is 6.31. The van der Waals surface area contributed by atoms with Crippen molar-refractivity contribution in [2.45, 2.75) is 0 Å². The average molecular weight is 351 g/mol. The zero-order valence-electron chi connectivity index (χ0n) is 11.0. The number of hydrazine groups is 1. The first kappa shape index (κ1) is 14.9. The Kier molecular flexibility index (Phi) is 4.49. The number of hydrogen-bond acceptors (Lipinski definition) is 4. The average Bonchev–Trinajstić information content (AvgIpc) is 2.48. The minimum atomic E-state index is -0.615. The molecule has 0 fully saturated rings. The molecular formula is C13H11BrN4O3. The van der Waals surface area contributed by atoms with Gasteiger partial charge in [0.15, 0.2) is 5.69 Å². The summed E-state index contributed by atoms with van der Waals surface area (Å²) in [6.07, 6.45) is 0. The fraction of sp³-hybridized carbons (Fsp3) is 0.0769. The van der Waals surface area contributed by atoms with E-state index in [0.29, 0.717) is 5.56 Å². The Labute approximate surface area is 128 Å². The lowest BCUT2D eigenvalue weighted by Crippen LogP contribution is -2.42. The van der Waals surface area contributed by atoms with Crippen LogP contribution in [0.2, 0.25) is 0 Å². The standard InChI is InChI=1S/C13H11BrN4O3/c1-18-11(19)7-6-10(17-18)13(21)16-15-12(20)8-2-4-9(14)5-3-8/h2-7H,1H3,(H,15,20)(H,16,21). The van der Waals surface area contributed by atoms with Crippen molar-refractivity contribution in [3.63, 3.8) is 0 Å². The smallest absolute Gasteiger partial charge is 0.268 e. The van der Waals surface area contributed by atoms with Gasteiger partial charge in [0.1, 0.15) is 0 Å². The fourth-order valence-corrected chi connectivity index (χ4v) is 1.74. The minimum absolute atomic E-state index is 0.0215. The van der Waals surface area contributed by atoms with Gasteiger partial charge in [-0.1, -0.05) is 15.9 Å². The third-order valence-electron chi connectivity index (χ3n) is 2.59. The molecule has 0 aliphatic rings. The molecule has 7 nitrogen and oxygen atoms in total. The number of nitrogens with one attached hydrogen (secondary N) is 2. The van der Waals surface area contributed by atoms with Gasteiger partial charge in [0.2, 0.25) is 0 Å². The summed E-state index contributed by atoms with van der Waals surface area (Å²) in [5.74, 6) is -1.07. The van der Waals surface area contributed by atoms with Crippen molar-refractivity contribution in [3.05, 3.63) is 62.5 Å². The van der Waals surface area contributed by atoms with Crippen molar-refractivity contribution < 1.29 is 9.59 Å². The molecule has 8 heteroatoms.